The zero-order valence-corrected chi connectivity index (χ0v) is 17.7. The molecule has 1 amide bonds. The highest BCUT2D eigenvalue weighted by molar-refractivity contribution is 7.99. The number of nitrogens with zero attached hydrogens (tertiary/aromatic N) is 3. The van der Waals surface area contributed by atoms with Crippen molar-refractivity contribution in [1.82, 2.24) is 20.5 Å². The van der Waals surface area contributed by atoms with Crippen molar-refractivity contribution in [2.75, 3.05) is 39.5 Å². The Morgan fingerprint density at radius 2 is 2.00 bits per heavy atom. The van der Waals surface area contributed by atoms with E-state index in [2.05, 4.69) is 20.6 Å². The quantitative estimate of drug-likeness (QED) is 0.269. The second-order valence-corrected chi connectivity index (χ2v) is 7.56. The van der Waals surface area contributed by atoms with Crippen molar-refractivity contribution in [1.29, 1.82) is 0 Å². The van der Waals surface area contributed by atoms with Gasteiger partial charge in [-0.25, -0.2) is 4.39 Å². The number of likely N-dealkylation sites (N-methyl/N-ethyl adjacent to an activating group) is 1. The van der Waals surface area contributed by atoms with Crippen LogP contribution in [0.4, 0.5) is 4.39 Å². The first-order valence-electron chi connectivity index (χ1n) is 9.55. The van der Waals surface area contributed by atoms with Crippen molar-refractivity contribution in [3.63, 3.8) is 0 Å². The van der Waals surface area contributed by atoms with Gasteiger partial charge in [0.15, 0.2) is 5.96 Å². The number of halogens is 1. The van der Waals surface area contributed by atoms with Crippen LogP contribution in [0.5, 0.6) is 0 Å². The van der Waals surface area contributed by atoms with E-state index >= 15 is 0 Å². The predicted molar refractivity (Wildman–Crippen MR) is 117 cm³/mol. The largest absolute Gasteiger partial charge is 0.356 e. The Hall–Kier alpha value is -2.61. The summed E-state index contributed by atoms with van der Waals surface area (Å²) in [6.07, 6.45) is 3.40. The third-order valence-corrected chi connectivity index (χ3v) is 5.28. The number of thioether (sulfide) groups is 1. The van der Waals surface area contributed by atoms with Crippen molar-refractivity contribution in [3.05, 3.63) is 60.2 Å². The lowest BCUT2D eigenvalue weighted by Crippen LogP contribution is -2.44. The average molecular weight is 418 g/mol. The average Bonchev–Trinajstić information content (AvgIpc) is 2.75. The van der Waals surface area contributed by atoms with Crippen LogP contribution in [0.25, 0.3) is 0 Å². The molecule has 0 fully saturated rings. The molecule has 0 aliphatic rings. The zero-order chi connectivity index (χ0) is 20.9. The predicted octanol–water partition coefficient (Wildman–Crippen LogP) is 2.57. The summed E-state index contributed by atoms with van der Waals surface area (Å²) in [7, 11) is 3.47. The Morgan fingerprint density at radius 3 is 2.69 bits per heavy atom. The fourth-order valence-corrected chi connectivity index (χ4v) is 3.32. The monoisotopic (exact) mass is 417 g/mol. The van der Waals surface area contributed by atoms with Gasteiger partial charge in [0, 0.05) is 50.4 Å². The van der Waals surface area contributed by atoms with Gasteiger partial charge in [-0.1, -0.05) is 6.07 Å². The Balaban J connectivity index is 1.59. The topological polar surface area (TPSA) is 69.6 Å². The third-order valence-electron chi connectivity index (χ3n) is 4.18. The minimum Gasteiger partial charge on any atom is -0.356 e. The summed E-state index contributed by atoms with van der Waals surface area (Å²) in [4.78, 5) is 23.4. The van der Waals surface area contributed by atoms with E-state index in [1.54, 1.807) is 49.1 Å². The summed E-state index contributed by atoms with van der Waals surface area (Å²) in [6.45, 7) is 1.53. The molecule has 0 unspecified atom stereocenters. The molecular formula is C21H28FN5OS. The molecule has 0 aliphatic heterocycles. The number of aromatic nitrogens is 1. The smallest absolute Gasteiger partial charge is 0.241 e. The van der Waals surface area contributed by atoms with Gasteiger partial charge in [0.25, 0.3) is 0 Å². The molecule has 0 atom stereocenters. The third kappa shape index (κ3) is 8.95. The van der Waals surface area contributed by atoms with Crippen LogP contribution in [0.3, 0.4) is 0 Å². The maximum Gasteiger partial charge on any atom is 0.241 e. The standard InChI is InChI=1S/C21H28FN5OS/c1-23-21(25-13-5-15-29-19-9-7-17(22)8-10-19)26-16-20(28)27(2)14-11-18-6-3-4-12-24-18/h3-4,6-10,12H,5,11,13-16H2,1-2H3,(H2,23,25,26). The molecule has 6 nitrogen and oxygen atoms in total. The van der Waals surface area contributed by atoms with Gasteiger partial charge in [0.2, 0.25) is 5.91 Å². The Labute approximate surface area is 176 Å². The van der Waals surface area contributed by atoms with Crippen LogP contribution in [0.2, 0.25) is 0 Å². The summed E-state index contributed by atoms with van der Waals surface area (Å²) in [5.74, 6) is 1.28. The highest BCUT2D eigenvalue weighted by Gasteiger charge is 2.09. The number of nitrogens with one attached hydrogen (secondary N) is 2. The molecule has 0 saturated heterocycles. The van der Waals surface area contributed by atoms with E-state index in [1.807, 2.05) is 18.2 Å². The summed E-state index contributed by atoms with van der Waals surface area (Å²) in [6, 6.07) is 12.3. The van der Waals surface area contributed by atoms with Crippen LogP contribution in [0.1, 0.15) is 12.1 Å². The molecule has 0 aliphatic carbocycles. The van der Waals surface area contributed by atoms with Gasteiger partial charge in [-0.05, 0) is 48.6 Å². The van der Waals surface area contributed by atoms with Gasteiger partial charge < -0.3 is 15.5 Å². The maximum atomic E-state index is 12.9. The van der Waals surface area contributed by atoms with Crippen LogP contribution < -0.4 is 10.6 Å². The molecule has 156 valence electrons. The van der Waals surface area contributed by atoms with Crippen LogP contribution in [0, 0.1) is 5.82 Å². The lowest BCUT2D eigenvalue weighted by atomic mass is 10.2. The Bertz CT molecular complexity index is 770. The molecule has 8 heteroatoms. The van der Waals surface area contributed by atoms with Gasteiger partial charge >= 0.3 is 0 Å². The lowest BCUT2D eigenvalue weighted by molar-refractivity contribution is -0.128. The number of hydrogen-bond acceptors (Lipinski definition) is 4. The first-order chi connectivity index (χ1) is 14.1. The highest BCUT2D eigenvalue weighted by atomic mass is 32.2. The fourth-order valence-electron chi connectivity index (χ4n) is 2.47. The van der Waals surface area contributed by atoms with E-state index in [0.29, 0.717) is 12.5 Å². The molecule has 0 saturated carbocycles. The molecule has 1 aromatic heterocycles. The van der Waals surface area contributed by atoms with Crippen molar-refractivity contribution in [2.45, 2.75) is 17.7 Å². The number of aliphatic imine (C=N–C) groups is 1. The maximum absolute atomic E-state index is 12.9. The Kier molecular flexibility index (Phi) is 9.99. The summed E-state index contributed by atoms with van der Waals surface area (Å²) in [5.41, 5.74) is 0.969. The number of carbonyl (C=O) groups is 1. The second-order valence-electron chi connectivity index (χ2n) is 6.39. The fraction of sp³-hybridized carbons (Fsp3) is 0.381. The number of hydrogen-bond donors (Lipinski definition) is 2. The van der Waals surface area contributed by atoms with Crippen LogP contribution in [-0.4, -0.2) is 61.2 Å². The molecule has 29 heavy (non-hydrogen) atoms. The van der Waals surface area contributed by atoms with E-state index in [9.17, 15) is 9.18 Å². The van der Waals surface area contributed by atoms with E-state index in [4.69, 9.17) is 0 Å². The van der Waals surface area contributed by atoms with Crippen LogP contribution >= 0.6 is 11.8 Å². The van der Waals surface area contributed by atoms with Gasteiger partial charge in [0.1, 0.15) is 5.82 Å². The van der Waals surface area contributed by atoms with E-state index < -0.39 is 0 Å². The normalized spacial score (nSPS) is 11.2. The number of pyridine rings is 1. The van der Waals surface area contributed by atoms with Crippen molar-refractivity contribution >= 4 is 23.6 Å². The van der Waals surface area contributed by atoms with Gasteiger partial charge in [0.05, 0.1) is 6.54 Å². The molecular weight excluding hydrogens is 389 g/mol. The second kappa shape index (κ2) is 12.8. The van der Waals surface area contributed by atoms with Crippen LogP contribution in [-0.2, 0) is 11.2 Å². The summed E-state index contributed by atoms with van der Waals surface area (Å²) >= 11 is 1.68. The van der Waals surface area contributed by atoms with Crippen molar-refractivity contribution < 1.29 is 9.18 Å². The van der Waals surface area contributed by atoms with E-state index in [0.717, 1.165) is 35.7 Å². The molecule has 2 rings (SSSR count). The minimum atomic E-state index is -0.220. The van der Waals surface area contributed by atoms with Gasteiger partial charge in [-0.3, -0.25) is 14.8 Å². The van der Waals surface area contributed by atoms with Crippen molar-refractivity contribution in [3.8, 4) is 0 Å². The van der Waals surface area contributed by atoms with E-state index in [-0.39, 0.29) is 18.3 Å². The highest BCUT2D eigenvalue weighted by Crippen LogP contribution is 2.18. The van der Waals surface area contributed by atoms with Gasteiger partial charge in [-0.15, -0.1) is 11.8 Å². The minimum absolute atomic E-state index is 0.00394. The number of amides is 1. The SMILES string of the molecule is CN=C(NCCCSc1ccc(F)cc1)NCC(=O)N(C)CCc1ccccn1. The lowest BCUT2D eigenvalue weighted by Gasteiger charge is -2.18. The Morgan fingerprint density at radius 1 is 1.21 bits per heavy atom. The van der Waals surface area contributed by atoms with Gasteiger partial charge in [-0.2, -0.15) is 0 Å². The number of guanidine groups is 1. The first kappa shape index (κ1) is 22.7. The van der Waals surface area contributed by atoms with Crippen molar-refractivity contribution in [2.24, 2.45) is 4.99 Å². The molecule has 2 aromatic rings. The molecule has 1 aromatic carbocycles. The number of carbonyl (C=O) groups excluding carboxylic acids is 1. The summed E-state index contributed by atoms with van der Waals surface area (Å²) < 4.78 is 12.9. The molecule has 2 N–H and O–H groups in total. The summed E-state index contributed by atoms with van der Waals surface area (Å²) in [5, 5.41) is 6.25. The first-order valence-corrected chi connectivity index (χ1v) is 10.5. The zero-order valence-electron chi connectivity index (χ0n) is 16.9. The van der Waals surface area contributed by atoms with Crippen LogP contribution in [0.15, 0.2) is 58.5 Å². The van der Waals surface area contributed by atoms with E-state index in [1.165, 1.54) is 12.1 Å². The molecule has 0 bridgehead atoms. The molecule has 0 radical (unpaired) electrons. The molecule has 1 heterocycles. The number of rotatable bonds is 10. The number of benzene rings is 1. The molecule has 0 spiro atoms.